The number of carbonyl (C=O) groups is 1. The van der Waals surface area contributed by atoms with E-state index in [1.54, 1.807) is 0 Å². The average Bonchev–Trinajstić information content (AvgIpc) is 2.47. The van der Waals surface area contributed by atoms with Gasteiger partial charge >= 0.3 is 6.03 Å². The van der Waals surface area contributed by atoms with Crippen molar-refractivity contribution in [3.63, 3.8) is 0 Å². The first-order valence-electron chi connectivity index (χ1n) is 7.07. The van der Waals surface area contributed by atoms with E-state index in [9.17, 15) is 4.79 Å². The number of rotatable bonds is 5. The maximum absolute atomic E-state index is 11.5. The zero-order valence-electron chi connectivity index (χ0n) is 12.3. The second-order valence-corrected chi connectivity index (χ2v) is 4.82. The standard InChI is InChI=1S/C17H20N2O2/c1-3-11-18-17(20)19-14-7-9-15(10-8-14)21-16-6-4-5-13(2)12-16/h4-10,12H,3,11H2,1-2H3,(H2,18,19,20). The van der Waals surface area contributed by atoms with Crippen molar-refractivity contribution >= 4 is 11.7 Å². The van der Waals surface area contributed by atoms with Gasteiger partial charge in [-0.05, 0) is 55.3 Å². The van der Waals surface area contributed by atoms with Crippen molar-refractivity contribution in [2.75, 3.05) is 11.9 Å². The topological polar surface area (TPSA) is 50.4 Å². The van der Waals surface area contributed by atoms with Crippen LogP contribution in [-0.2, 0) is 0 Å². The summed E-state index contributed by atoms with van der Waals surface area (Å²) in [7, 11) is 0. The van der Waals surface area contributed by atoms with E-state index < -0.39 is 0 Å². The molecule has 2 aromatic rings. The Hall–Kier alpha value is -2.49. The molecule has 110 valence electrons. The lowest BCUT2D eigenvalue weighted by atomic mass is 10.2. The van der Waals surface area contributed by atoms with E-state index in [0.29, 0.717) is 6.54 Å². The van der Waals surface area contributed by atoms with Crippen LogP contribution in [-0.4, -0.2) is 12.6 Å². The zero-order chi connectivity index (χ0) is 15.1. The molecule has 2 aromatic carbocycles. The third-order valence-corrected chi connectivity index (χ3v) is 2.87. The molecule has 0 aliphatic rings. The van der Waals surface area contributed by atoms with Crippen LogP contribution in [0.4, 0.5) is 10.5 Å². The van der Waals surface area contributed by atoms with Gasteiger partial charge in [0.15, 0.2) is 0 Å². The normalized spacial score (nSPS) is 10.0. The number of anilines is 1. The van der Waals surface area contributed by atoms with Gasteiger partial charge in [-0.25, -0.2) is 4.79 Å². The highest BCUT2D eigenvalue weighted by molar-refractivity contribution is 5.89. The van der Waals surface area contributed by atoms with Gasteiger partial charge < -0.3 is 15.4 Å². The van der Waals surface area contributed by atoms with E-state index >= 15 is 0 Å². The second kappa shape index (κ2) is 7.33. The Morgan fingerprint density at radius 1 is 1.10 bits per heavy atom. The van der Waals surface area contributed by atoms with E-state index in [-0.39, 0.29) is 6.03 Å². The Labute approximate surface area is 125 Å². The second-order valence-electron chi connectivity index (χ2n) is 4.82. The summed E-state index contributed by atoms with van der Waals surface area (Å²) in [5.41, 5.74) is 1.89. The van der Waals surface area contributed by atoms with Crippen LogP contribution in [0.3, 0.4) is 0 Å². The number of nitrogens with one attached hydrogen (secondary N) is 2. The van der Waals surface area contributed by atoms with Crippen molar-refractivity contribution in [2.24, 2.45) is 0 Å². The fraction of sp³-hybridized carbons (Fsp3) is 0.235. The summed E-state index contributed by atoms with van der Waals surface area (Å²) < 4.78 is 5.76. The first-order chi connectivity index (χ1) is 10.2. The van der Waals surface area contributed by atoms with Gasteiger partial charge in [-0.15, -0.1) is 0 Å². The molecule has 0 aliphatic carbocycles. The van der Waals surface area contributed by atoms with Crippen molar-refractivity contribution < 1.29 is 9.53 Å². The van der Waals surface area contributed by atoms with Gasteiger partial charge in [-0.2, -0.15) is 0 Å². The van der Waals surface area contributed by atoms with Crippen LogP contribution in [0.5, 0.6) is 11.5 Å². The molecule has 2 amide bonds. The van der Waals surface area contributed by atoms with Crippen LogP contribution >= 0.6 is 0 Å². The maximum Gasteiger partial charge on any atom is 0.319 e. The maximum atomic E-state index is 11.5. The number of amides is 2. The summed E-state index contributed by atoms with van der Waals surface area (Å²) in [4.78, 5) is 11.5. The Morgan fingerprint density at radius 3 is 2.52 bits per heavy atom. The number of carbonyl (C=O) groups excluding carboxylic acids is 1. The number of hydrogen-bond acceptors (Lipinski definition) is 2. The molecule has 0 spiro atoms. The third-order valence-electron chi connectivity index (χ3n) is 2.87. The molecule has 4 nitrogen and oxygen atoms in total. The van der Waals surface area contributed by atoms with Gasteiger partial charge in [-0.3, -0.25) is 0 Å². The molecule has 0 bridgehead atoms. The summed E-state index contributed by atoms with van der Waals surface area (Å²) >= 11 is 0. The summed E-state index contributed by atoms with van der Waals surface area (Å²) in [6.07, 6.45) is 0.913. The first-order valence-corrected chi connectivity index (χ1v) is 7.07. The minimum Gasteiger partial charge on any atom is -0.457 e. The van der Waals surface area contributed by atoms with Crippen LogP contribution in [0, 0.1) is 6.92 Å². The minimum absolute atomic E-state index is 0.191. The Morgan fingerprint density at radius 2 is 1.86 bits per heavy atom. The molecule has 0 aliphatic heterocycles. The SMILES string of the molecule is CCCNC(=O)Nc1ccc(Oc2cccc(C)c2)cc1. The van der Waals surface area contributed by atoms with E-state index in [1.807, 2.05) is 62.4 Å². The molecule has 0 atom stereocenters. The van der Waals surface area contributed by atoms with Crippen LogP contribution in [0.2, 0.25) is 0 Å². The molecule has 0 fully saturated rings. The molecular weight excluding hydrogens is 264 g/mol. The highest BCUT2D eigenvalue weighted by atomic mass is 16.5. The van der Waals surface area contributed by atoms with Crippen molar-refractivity contribution in [3.05, 3.63) is 54.1 Å². The predicted molar refractivity (Wildman–Crippen MR) is 85.0 cm³/mol. The molecule has 2 N–H and O–H groups in total. The molecule has 0 heterocycles. The van der Waals surface area contributed by atoms with Gasteiger partial charge in [0.25, 0.3) is 0 Å². The number of benzene rings is 2. The predicted octanol–water partition coefficient (Wildman–Crippen LogP) is 4.32. The molecular formula is C17H20N2O2. The van der Waals surface area contributed by atoms with Gasteiger partial charge in [-0.1, -0.05) is 19.1 Å². The summed E-state index contributed by atoms with van der Waals surface area (Å²) in [5.74, 6) is 1.54. The minimum atomic E-state index is -0.191. The van der Waals surface area contributed by atoms with Gasteiger partial charge in [0.1, 0.15) is 11.5 Å². The lowest BCUT2D eigenvalue weighted by Crippen LogP contribution is -2.29. The summed E-state index contributed by atoms with van der Waals surface area (Å²) in [5, 5.41) is 5.53. The van der Waals surface area contributed by atoms with Crippen molar-refractivity contribution in [3.8, 4) is 11.5 Å². The molecule has 0 unspecified atom stereocenters. The van der Waals surface area contributed by atoms with Gasteiger partial charge in [0.2, 0.25) is 0 Å². The lowest BCUT2D eigenvalue weighted by Gasteiger charge is -2.09. The van der Waals surface area contributed by atoms with E-state index in [2.05, 4.69) is 10.6 Å². The van der Waals surface area contributed by atoms with E-state index in [4.69, 9.17) is 4.74 Å². The van der Waals surface area contributed by atoms with Crippen LogP contribution in [0.15, 0.2) is 48.5 Å². The first kappa shape index (κ1) is 14.9. The molecule has 21 heavy (non-hydrogen) atoms. The monoisotopic (exact) mass is 284 g/mol. The number of aryl methyl sites for hydroxylation is 1. The largest absolute Gasteiger partial charge is 0.457 e. The summed E-state index contributed by atoms with van der Waals surface area (Å²) in [6.45, 7) is 4.70. The van der Waals surface area contributed by atoms with Crippen molar-refractivity contribution in [2.45, 2.75) is 20.3 Å². The third kappa shape index (κ3) is 4.84. The fourth-order valence-electron chi connectivity index (χ4n) is 1.84. The fourth-order valence-corrected chi connectivity index (χ4v) is 1.84. The molecule has 0 saturated heterocycles. The molecule has 4 heteroatoms. The van der Waals surface area contributed by atoms with E-state index in [1.165, 1.54) is 0 Å². The number of ether oxygens (including phenoxy) is 1. The Bertz CT molecular complexity index is 594. The van der Waals surface area contributed by atoms with Gasteiger partial charge in [0, 0.05) is 12.2 Å². The lowest BCUT2D eigenvalue weighted by molar-refractivity contribution is 0.252. The highest BCUT2D eigenvalue weighted by Gasteiger charge is 2.01. The van der Waals surface area contributed by atoms with Gasteiger partial charge in [0.05, 0.1) is 0 Å². The zero-order valence-corrected chi connectivity index (χ0v) is 12.3. The number of hydrogen-bond donors (Lipinski definition) is 2. The molecule has 0 radical (unpaired) electrons. The number of urea groups is 1. The average molecular weight is 284 g/mol. The Kier molecular flexibility index (Phi) is 5.21. The van der Waals surface area contributed by atoms with Crippen molar-refractivity contribution in [1.29, 1.82) is 0 Å². The quantitative estimate of drug-likeness (QED) is 0.859. The van der Waals surface area contributed by atoms with Crippen LogP contribution < -0.4 is 15.4 Å². The van der Waals surface area contributed by atoms with Crippen LogP contribution in [0.1, 0.15) is 18.9 Å². The van der Waals surface area contributed by atoms with Crippen LogP contribution in [0.25, 0.3) is 0 Å². The van der Waals surface area contributed by atoms with E-state index in [0.717, 1.165) is 29.2 Å². The Balaban J connectivity index is 1.94. The molecule has 2 rings (SSSR count). The summed E-state index contributed by atoms with van der Waals surface area (Å²) in [6, 6.07) is 15.0. The smallest absolute Gasteiger partial charge is 0.319 e. The highest BCUT2D eigenvalue weighted by Crippen LogP contribution is 2.23. The molecule has 0 saturated carbocycles. The molecule has 0 aromatic heterocycles. The van der Waals surface area contributed by atoms with Crippen molar-refractivity contribution in [1.82, 2.24) is 5.32 Å².